The van der Waals surface area contributed by atoms with Crippen LogP contribution in [0.3, 0.4) is 0 Å². The average molecular weight is 508 g/mol. The lowest BCUT2D eigenvalue weighted by atomic mass is 10.1. The fourth-order valence-electron chi connectivity index (χ4n) is 3.65. The highest BCUT2D eigenvalue weighted by molar-refractivity contribution is 6.33. The number of nitrogens with zero attached hydrogens (tertiary/aromatic N) is 3. The van der Waals surface area contributed by atoms with Crippen molar-refractivity contribution in [2.75, 3.05) is 36.2 Å². The predicted molar refractivity (Wildman–Crippen MR) is 141 cm³/mol. The lowest BCUT2D eigenvalue weighted by Crippen LogP contribution is -2.21. The highest BCUT2D eigenvalue weighted by atomic mass is 35.5. The standard InChI is InChI=1S/C25H26ClN7O3/c1-14-17(6-9-22(28-14)27-11-10-23(34)32-36)25(35)29-15-4-7-19(26)18(12-15)24-30-20-8-5-16(33(2)3)13-21(20)31-24/h4-9,12-13,36H,10-11H2,1-3H3,(H,27,28)(H,29,35)(H,30,31)(H,32,34). The third-order valence-electron chi connectivity index (χ3n) is 5.57. The van der Waals surface area contributed by atoms with Gasteiger partial charge in [0.25, 0.3) is 5.91 Å². The van der Waals surface area contributed by atoms with E-state index in [1.54, 1.807) is 42.7 Å². The van der Waals surface area contributed by atoms with Crippen LogP contribution < -0.4 is 21.0 Å². The fourth-order valence-corrected chi connectivity index (χ4v) is 3.85. The number of benzene rings is 2. The van der Waals surface area contributed by atoms with Crippen LogP contribution in [0, 0.1) is 6.92 Å². The number of aryl methyl sites for hydroxylation is 1. The van der Waals surface area contributed by atoms with Gasteiger partial charge in [-0.15, -0.1) is 0 Å². The van der Waals surface area contributed by atoms with E-state index in [-0.39, 0.29) is 18.9 Å². The first-order valence-corrected chi connectivity index (χ1v) is 11.6. The van der Waals surface area contributed by atoms with Gasteiger partial charge in [0.15, 0.2) is 0 Å². The van der Waals surface area contributed by atoms with Crippen LogP contribution in [-0.4, -0.2) is 52.6 Å². The number of pyridine rings is 1. The number of nitrogens with one attached hydrogen (secondary N) is 4. The van der Waals surface area contributed by atoms with Crippen molar-refractivity contribution >= 4 is 51.6 Å². The number of aromatic nitrogens is 3. The number of imidazole rings is 1. The Morgan fingerprint density at radius 1 is 1.08 bits per heavy atom. The number of hydrogen-bond acceptors (Lipinski definition) is 7. The lowest BCUT2D eigenvalue weighted by molar-refractivity contribution is -0.128. The summed E-state index contributed by atoms with van der Waals surface area (Å²) in [5, 5.41) is 14.9. The SMILES string of the molecule is Cc1nc(NCCC(=O)NO)ccc1C(=O)Nc1ccc(Cl)c(-c2nc3ccc(N(C)C)cc3[nH]2)c1. The van der Waals surface area contributed by atoms with E-state index in [1.165, 1.54) is 0 Å². The molecule has 0 saturated heterocycles. The number of halogens is 1. The second kappa shape index (κ2) is 10.6. The van der Waals surface area contributed by atoms with Crippen LogP contribution in [0.25, 0.3) is 22.4 Å². The van der Waals surface area contributed by atoms with Crippen LogP contribution >= 0.6 is 11.6 Å². The van der Waals surface area contributed by atoms with Crippen molar-refractivity contribution in [2.45, 2.75) is 13.3 Å². The zero-order valence-corrected chi connectivity index (χ0v) is 20.8. The van der Waals surface area contributed by atoms with E-state index in [2.05, 4.69) is 25.6 Å². The van der Waals surface area contributed by atoms with E-state index in [0.29, 0.717) is 39.2 Å². The average Bonchev–Trinajstić information content (AvgIpc) is 3.28. The molecule has 0 saturated carbocycles. The molecule has 0 spiro atoms. The minimum atomic E-state index is -0.501. The maximum Gasteiger partial charge on any atom is 0.257 e. The van der Waals surface area contributed by atoms with Crippen molar-refractivity contribution in [3.63, 3.8) is 0 Å². The zero-order valence-electron chi connectivity index (χ0n) is 20.0. The van der Waals surface area contributed by atoms with Crippen LogP contribution in [0.1, 0.15) is 22.5 Å². The molecule has 0 unspecified atom stereocenters. The molecule has 2 heterocycles. The first kappa shape index (κ1) is 25.0. The third-order valence-corrected chi connectivity index (χ3v) is 5.90. The monoisotopic (exact) mass is 507 g/mol. The molecule has 186 valence electrons. The van der Waals surface area contributed by atoms with E-state index in [0.717, 1.165) is 16.7 Å². The van der Waals surface area contributed by atoms with E-state index in [9.17, 15) is 9.59 Å². The molecule has 0 fully saturated rings. The number of hydrogen-bond donors (Lipinski definition) is 5. The molecule has 0 aliphatic carbocycles. The number of carbonyl (C=O) groups is 2. The third kappa shape index (κ3) is 5.56. The van der Waals surface area contributed by atoms with Crippen molar-refractivity contribution in [1.82, 2.24) is 20.4 Å². The Kier molecular flexibility index (Phi) is 7.37. The Hall–Kier alpha value is -4.15. The number of fused-ring (bicyclic) bond motifs is 1. The minimum absolute atomic E-state index is 0.0837. The van der Waals surface area contributed by atoms with Crippen molar-refractivity contribution in [1.29, 1.82) is 0 Å². The zero-order chi connectivity index (χ0) is 25.8. The number of carbonyl (C=O) groups excluding carboxylic acids is 2. The van der Waals surface area contributed by atoms with Crippen LogP contribution in [0.5, 0.6) is 0 Å². The molecular formula is C25H26ClN7O3. The highest BCUT2D eigenvalue weighted by Gasteiger charge is 2.15. The summed E-state index contributed by atoms with van der Waals surface area (Å²) in [7, 11) is 3.95. The molecule has 0 aliphatic heterocycles. The second-order valence-electron chi connectivity index (χ2n) is 8.37. The smallest absolute Gasteiger partial charge is 0.257 e. The molecule has 0 radical (unpaired) electrons. The molecule has 10 nitrogen and oxygen atoms in total. The Bertz CT molecular complexity index is 1430. The summed E-state index contributed by atoms with van der Waals surface area (Å²) >= 11 is 6.47. The molecule has 4 aromatic rings. The molecular weight excluding hydrogens is 482 g/mol. The molecule has 2 aromatic carbocycles. The van der Waals surface area contributed by atoms with E-state index in [1.807, 2.05) is 37.2 Å². The molecule has 2 amide bonds. The predicted octanol–water partition coefficient (Wildman–Crippen LogP) is 4.21. The summed E-state index contributed by atoms with van der Waals surface area (Å²) in [5.41, 5.74) is 6.47. The molecule has 0 aliphatic rings. The molecule has 4 rings (SSSR count). The summed E-state index contributed by atoms with van der Waals surface area (Å²) < 4.78 is 0. The lowest BCUT2D eigenvalue weighted by Gasteiger charge is -2.11. The molecule has 2 aromatic heterocycles. The quantitative estimate of drug-likeness (QED) is 0.178. The van der Waals surface area contributed by atoms with Gasteiger partial charge in [-0.05, 0) is 55.5 Å². The Labute approximate surface area is 212 Å². The van der Waals surface area contributed by atoms with E-state index in [4.69, 9.17) is 16.8 Å². The normalized spacial score (nSPS) is 10.8. The van der Waals surface area contributed by atoms with Crippen molar-refractivity contribution in [3.05, 3.63) is 64.8 Å². The number of anilines is 3. The number of aromatic amines is 1. The van der Waals surface area contributed by atoms with Gasteiger partial charge in [-0.25, -0.2) is 15.4 Å². The van der Waals surface area contributed by atoms with Crippen molar-refractivity contribution in [3.8, 4) is 11.4 Å². The summed E-state index contributed by atoms with van der Waals surface area (Å²) in [6.07, 6.45) is 0.0837. The van der Waals surface area contributed by atoms with Crippen LogP contribution in [0.4, 0.5) is 17.2 Å². The maximum absolute atomic E-state index is 13.0. The van der Waals surface area contributed by atoms with Gasteiger partial charge in [-0.3, -0.25) is 14.8 Å². The van der Waals surface area contributed by atoms with Gasteiger partial charge in [0, 0.05) is 44.0 Å². The van der Waals surface area contributed by atoms with Crippen molar-refractivity contribution < 1.29 is 14.8 Å². The van der Waals surface area contributed by atoms with Crippen LogP contribution in [-0.2, 0) is 4.79 Å². The molecule has 36 heavy (non-hydrogen) atoms. The number of H-pyrrole nitrogens is 1. The van der Waals surface area contributed by atoms with E-state index >= 15 is 0 Å². The van der Waals surface area contributed by atoms with Gasteiger partial charge in [0.1, 0.15) is 11.6 Å². The fraction of sp³-hybridized carbons (Fsp3) is 0.200. The van der Waals surface area contributed by atoms with Gasteiger partial charge in [-0.2, -0.15) is 0 Å². The summed E-state index contributed by atoms with van der Waals surface area (Å²) in [5.74, 6) is 0.300. The maximum atomic E-state index is 13.0. The second-order valence-corrected chi connectivity index (χ2v) is 8.78. The van der Waals surface area contributed by atoms with Crippen LogP contribution in [0.2, 0.25) is 5.02 Å². The van der Waals surface area contributed by atoms with Crippen LogP contribution in [0.15, 0.2) is 48.5 Å². The summed E-state index contributed by atoms with van der Waals surface area (Å²) in [6, 6.07) is 14.5. The molecule has 5 N–H and O–H groups in total. The number of amides is 2. The van der Waals surface area contributed by atoms with Gasteiger partial charge in [-0.1, -0.05) is 11.6 Å². The van der Waals surface area contributed by atoms with Gasteiger partial charge in [0.2, 0.25) is 5.91 Å². The van der Waals surface area contributed by atoms with Gasteiger partial charge < -0.3 is 20.5 Å². The molecule has 0 bridgehead atoms. The Balaban J connectivity index is 1.51. The highest BCUT2D eigenvalue weighted by Crippen LogP contribution is 2.31. The summed E-state index contributed by atoms with van der Waals surface area (Å²) in [4.78, 5) is 38.4. The number of rotatable bonds is 8. The minimum Gasteiger partial charge on any atom is -0.378 e. The van der Waals surface area contributed by atoms with Crippen molar-refractivity contribution in [2.24, 2.45) is 0 Å². The Morgan fingerprint density at radius 3 is 2.61 bits per heavy atom. The topological polar surface area (TPSA) is 135 Å². The first-order valence-electron chi connectivity index (χ1n) is 11.2. The molecule has 11 heteroatoms. The van der Waals surface area contributed by atoms with Gasteiger partial charge >= 0.3 is 0 Å². The first-order chi connectivity index (χ1) is 17.2. The van der Waals surface area contributed by atoms with Gasteiger partial charge in [0.05, 0.1) is 27.3 Å². The number of hydroxylamine groups is 1. The largest absolute Gasteiger partial charge is 0.378 e. The summed E-state index contributed by atoms with van der Waals surface area (Å²) in [6.45, 7) is 2.01. The Morgan fingerprint density at radius 2 is 1.89 bits per heavy atom. The van der Waals surface area contributed by atoms with E-state index < -0.39 is 5.91 Å². The molecule has 0 atom stereocenters.